The van der Waals surface area contributed by atoms with Crippen molar-refractivity contribution in [3.8, 4) is 11.1 Å². The van der Waals surface area contributed by atoms with E-state index in [9.17, 15) is 14.7 Å². The summed E-state index contributed by atoms with van der Waals surface area (Å²) in [6.45, 7) is 3.48. The maximum absolute atomic E-state index is 12.4. The van der Waals surface area contributed by atoms with E-state index < -0.39 is 5.97 Å². The summed E-state index contributed by atoms with van der Waals surface area (Å²) < 4.78 is 5.30. The van der Waals surface area contributed by atoms with E-state index in [-0.39, 0.29) is 22.9 Å². The maximum atomic E-state index is 12.4. The van der Waals surface area contributed by atoms with Gasteiger partial charge in [-0.25, -0.2) is 4.79 Å². The number of Topliss-reactive ketones (excluding diaryl/α,β-unsaturated/α-hetero) is 1. The molecular weight excluding hydrogens is 447 g/mol. The molecule has 0 saturated heterocycles. The molecule has 0 radical (unpaired) electrons. The van der Waals surface area contributed by atoms with Crippen molar-refractivity contribution in [1.82, 2.24) is 0 Å². The molecule has 4 nitrogen and oxygen atoms in total. The Hall–Kier alpha value is -3.34. The molecule has 0 amide bonds. The number of rotatable bonds is 4. The lowest BCUT2D eigenvalue weighted by molar-refractivity contribution is -0.131. The second kappa shape index (κ2) is 8.65. The van der Waals surface area contributed by atoms with Crippen molar-refractivity contribution in [2.45, 2.75) is 13.8 Å². The summed E-state index contributed by atoms with van der Waals surface area (Å²) in [7, 11) is 0. The number of benzene rings is 3. The fourth-order valence-corrected chi connectivity index (χ4v) is 4.25. The zero-order valence-electron chi connectivity index (χ0n) is 17.3. The van der Waals surface area contributed by atoms with Crippen molar-refractivity contribution in [3.05, 3.63) is 104 Å². The molecule has 32 heavy (non-hydrogen) atoms. The highest BCUT2D eigenvalue weighted by Gasteiger charge is 2.31. The van der Waals surface area contributed by atoms with Crippen molar-refractivity contribution in [3.63, 3.8) is 0 Å². The van der Waals surface area contributed by atoms with Gasteiger partial charge in [0, 0.05) is 15.6 Å². The SMILES string of the molecule is CC(=O)c1ccccc1-c1ccc(/C=C2/OC(=O)C(c3cc(Cl)cc(Cl)c3)=C2O)cc1C. The lowest BCUT2D eigenvalue weighted by Crippen LogP contribution is -1.98. The summed E-state index contributed by atoms with van der Waals surface area (Å²) in [5.41, 5.74) is 4.47. The quantitative estimate of drug-likeness (QED) is 0.332. The first kappa shape index (κ1) is 21.9. The molecule has 0 aromatic heterocycles. The Labute approximate surface area is 195 Å². The maximum Gasteiger partial charge on any atom is 0.348 e. The molecule has 4 rings (SSSR count). The third kappa shape index (κ3) is 4.20. The highest BCUT2D eigenvalue weighted by molar-refractivity contribution is 6.35. The number of ketones is 1. The van der Waals surface area contributed by atoms with Gasteiger partial charge in [-0.05, 0) is 65.9 Å². The van der Waals surface area contributed by atoms with E-state index in [0.29, 0.717) is 21.2 Å². The molecule has 0 atom stereocenters. The first-order valence-electron chi connectivity index (χ1n) is 9.79. The normalized spacial score (nSPS) is 14.8. The molecule has 3 aromatic rings. The number of aliphatic hydroxyl groups is 1. The van der Waals surface area contributed by atoms with Gasteiger partial charge in [-0.2, -0.15) is 0 Å². The van der Waals surface area contributed by atoms with Crippen LogP contribution in [0.3, 0.4) is 0 Å². The highest BCUT2D eigenvalue weighted by Crippen LogP contribution is 2.35. The van der Waals surface area contributed by atoms with Crippen molar-refractivity contribution in [2.75, 3.05) is 0 Å². The first-order chi connectivity index (χ1) is 15.2. The molecule has 0 unspecified atom stereocenters. The highest BCUT2D eigenvalue weighted by atomic mass is 35.5. The fraction of sp³-hybridized carbons (Fsp3) is 0.0769. The Morgan fingerprint density at radius 2 is 1.66 bits per heavy atom. The molecule has 6 heteroatoms. The van der Waals surface area contributed by atoms with E-state index in [0.717, 1.165) is 22.3 Å². The minimum absolute atomic E-state index is 0.00405. The second-order valence-corrected chi connectivity index (χ2v) is 8.33. The van der Waals surface area contributed by atoms with Gasteiger partial charge in [0.25, 0.3) is 0 Å². The number of aliphatic hydroxyl groups excluding tert-OH is 1. The van der Waals surface area contributed by atoms with E-state index in [4.69, 9.17) is 27.9 Å². The van der Waals surface area contributed by atoms with Crippen LogP contribution < -0.4 is 0 Å². The Morgan fingerprint density at radius 1 is 0.969 bits per heavy atom. The average Bonchev–Trinajstić information content (AvgIpc) is 3.00. The minimum atomic E-state index is -0.684. The minimum Gasteiger partial charge on any atom is -0.504 e. The van der Waals surface area contributed by atoms with Crippen LogP contribution in [0.25, 0.3) is 22.8 Å². The molecule has 3 aromatic carbocycles. The van der Waals surface area contributed by atoms with Crippen LogP contribution in [-0.2, 0) is 9.53 Å². The van der Waals surface area contributed by atoms with Crippen molar-refractivity contribution in [1.29, 1.82) is 0 Å². The van der Waals surface area contributed by atoms with Crippen LogP contribution in [0.2, 0.25) is 10.0 Å². The van der Waals surface area contributed by atoms with Crippen molar-refractivity contribution < 1.29 is 19.4 Å². The van der Waals surface area contributed by atoms with Crippen molar-refractivity contribution >= 4 is 46.6 Å². The summed E-state index contributed by atoms with van der Waals surface area (Å²) >= 11 is 12.1. The molecule has 160 valence electrons. The molecule has 0 fully saturated rings. The smallest absolute Gasteiger partial charge is 0.348 e. The Morgan fingerprint density at radius 3 is 2.31 bits per heavy atom. The van der Waals surface area contributed by atoms with Crippen LogP contribution in [0.4, 0.5) is 0 Å². The molecule has 0 saturated carbocycles. The summed E-state index contributed by atoms with van der Waals surface area (Å²) in [4.78, 5) is 24.4. The molecular formula is C26H18Cl2O4. The molecule has 1 N–H and O–H groups in total. The van der Waals surface area contributed by atoms with E-state index in [1.807, 2.05) is 43.3 Å². The summed E-state index contributed by atoms with van der Waals surface area (Å²) in [5, 5.41) is 11.3. The zero-order chi connectivity index (χ0) is 23.0. The van der Waals surface area contributed by atoms with Crippen molar-refractivity contribution in [2.24, 2.45) is 0 Å². The van der Waals surface area contributed by atoms with E-state index >= 15 is 0 Å². The van der Waals surface area contributed by atoms with E-state index in [1.165, 1.54) is 18.2 Å². The predicted octanol–water partition coefficient (Wildman–Crippen LogP) is 7.04. The molecule has 0 spiro atoms. The van der Waals surface area contributed by atoms with Gasteiger partial charge in [0.1, 0.15) is 5.57 Å². The Balaban J connectivity index is 1.72. The molecule has 1 aliphatic heterocycles. The van der Waals surface area contributed by atoms with Gasteiger partial charge in [-0.1, -0.05) is 65.7 Å². The molecule has 1 aliphatic rings. The number of hydrogen-bond donors (Lipinski definition) is 1. The van der Waals surface area contributed by atoms with Gasteiger partial charge in [0.2, 0.25) is 0 Å². The summed E-state index contributed by atoms with van der Waals surface area (Å²) in [6, 6.07) is 17.7. The standard InChI is InChI=1S/C26H18Cl2O4/c1-14-9-16(7-8-20(14)22-6-4-3-5-21(22)15(2)29)10-23-25(30)24(26(31)32-23)17-11-18(27)13-19(28)12-17/h3-13,30H,1-2H3/b23-10+. The van der Waals surface area contributed by atoms with Gasteiger partial charge < -0.3 is 9.84 Å². The fourth-order valence-electron chi connectivity index (χ4n) is 3.72. The zero-order valence-corrected chi connectivity index (χ0v) is 18.8. The largest absolute Gasteiger partial charge is 0.504 e. The monoisotopic (exact) mass is 464 g/mol. The topological polar surface area (TPSA) is 63.6 Å². The van der Waals surface area contributed by atoms with Gasteiger partial charge in [0.05, 0.1) is 0 Å². The molecule has 0 aliphatic carbocycles. The van der Waals surface area contributed by atoms with Crippen LogP contribution in [0.1, 0.15) is 34.0 Å². The van der Waals surface area contributed by atoms with Gasteiger partial charge >= 0.3 is 5.97 Å². The number of carbonyl (C=O) groups excluding carboxylic acids is 2. The summed E-state index contributed by atoms with van der Waals surface area (Å²) in [5.74, 6) is -0.932. The van der Waals surface area contributed by atoms with Crippen LogP contribution in [0.15, 0.2) is 72.2 Å². The first-order valence-corrected chi connectivity index (χ1v) is 10.5. The van der Waals surface area contributed by atoms with Crippen LogP contribution in [0, 0.1) is 6.92 Å². The second-order valence-electron chi connectivity index (χ2n) is 7.46. The third-order valence-corrected chi connectivity index (χ3v) is 5.61. The third-order valence-electron chi connectivity index (χ3n) is 5.17. The van der Waals surface area contributed by atoms with Gasteiger partial charge in [0.15, 0.2) is 17.3 Å². The molecule has 1 heterocycles. The molecule has 0 bridgehead atoms. The number of aryl methyl sites for hydroxylation is 1. The number of ether oxygens (including phenoxy) is 1. The average molecular weight is 465 g/mol. The number of esters is 1. The van der Waals surface area contributed by atoms with E-state index in [2.05, 4.69) is 0 Å². The van der Waals surface area contributed by atoms with Crippen LogP contribution >= 0.6 is 23.2 Å². The number of carbonyl (C=O) groups is 2. The number of hydrogen-bond acceptors (Lipinski definition) is 4. The Bertz CT molecular complexity index is 1320. The van der Waals surface area contributed by atoms with Gasteiger partial charge in [-0.3, -0.25) is 4.79 Å². The lowest BCUT2D eigenvalue weighted by atomic mass is 9.93. The lowest BCUT2D eigenvalue weighted by Gasteiger charge is -2.11. The Kier molecular flexibility index (Phi) is 5.92. The number of halogens is 2. The van der Waals surface area contributed by atoms with E-state index in [1.54, 1.807) is 19.1 Å². The van der Waals surface area contributed by atoms with Crippen LogP contribution in [-0.4, -0.2) is 16.9 Å². The number of cyclic esters (lactones) is 1. The van der Waals surface area contributed by atoms with Crippen LogP contribution in [0.5, 0.6) is 0 Å². The predicted molar refractivity (Wildman–Crippen MR) is 127 cm³/mol. The van der Waals surface area contributed by atoms with Gasteiger partial charge in [-0.15, -0.1) is 0 Å². The summed E-state index contributed by atoms with van der Waals surface area (Å²) in [6.07, 6.45) is 1.58.